The second-order valence-corrected chi connectivity index (χ2v) is 9.58. The molecule has 2 heterocycles. The molecule has 0 radical (unpaired) electrons. The molecule has 168 valence electrons. The van der Waals surface area contributed by atoms with Gasteiger partial charge in [-0.3, -0.25) is 14.3 Å². The second-order valence-electron chi connectivity index (χ2n) is 7.07. The van der Waals surface area contributed by atoms with Gasteiger partial charge >= 0.3 is 0 Å². The van der Waals surface area contributed by atoms with Gasteiger partial charge < -0.3 is 5.32 Å². The van der Waals surface area contributed by atoms with Crippen molar-refractivity contribution in [3.63, 3.8) is 0 Å². The number of anilines is 1. The lowest BCUT2D eigenvalue weighted by Crippen LogP contribution is -2.16. The van der Waals surface area contributed by atoms with Gasteiger partial charge in [-0.15, -0.1) is 10.2 Å². The molecule has 9 nitrogen and oxygen atoms in total. The first-order valence-corrected chi connectivity index (χ1v) is 12.3. The van der Waals surface area contributed by atoms with Crippen molar-refractivity contribution in [1.82, 2.24) is 19.7 Å². The minimum atomic E-state index is -3.86. The topological polar surface area (TPSA) is 133 Å². The molecule has 0 spiro atoms. The molecule has 0 atom stereocenters. The summed E-state index contributed by atoms with van der Waals surface area (Å²) >= 11 is 1.22. The zero-order chi connectivity index (χ0) is 23.4. The van der Waals surface area contributed by atoms with Crippen LogP contribution in [0.2, 0.25) is 0 Å². The van der Waals surface area contributed by atoms with Crippen molar-refractivity contribution in [2.75, 3.05) is 11.1 Å². The number of benzene rings is 2. The van der Waals surface area contributed by atoms with Gasteiger partial charge in [0.25, 0.3) is 0 Å². The van der Waals surface area contributed by atoms with Crippen LogP contribution in [0.3, 0.4) is 0 Å². The summed E-state index contributed by atoms with van der Waals surface area (Å²) in [5.41, 5.74) is 3.11. The first kappa shape index (κ1) is 22.6. The number of hydrogen-bond donors (Lipinski definition) is 2. The van der Waals surface area contributed by atoms with Gasteiger partial charge in [0, 0.05) is 23.6 Å². The number of carbonyl (C=O) groups is 1. The average molecular weight is 481 g/mol. The van der Waals surface area contributed by atoms with Crippen LogP contribution in [0.15, 0.2) is 83.1 Å². The smallest absolute Gasteiger partial charge is 0.238 e. The number of sulfonamides is 1. The van der Waals surface area contributed by atoms with Gasteiger partial charge in [0.05, 0.1) is 16.3 Å². The van der Waals surface area contributed by atoms with Crippen LogP contribution in [-0.4, -0.2) is 39.8 Å². The van der Waals surface area contributed by atoms with Crippen molar-refractivity contribution in [3.8, 4) is 17.1 Å². The zero-order valence-corrected chi connectivity index (χ0v) is 19.2. The predicted molar refractivity (Wildman–Crippen MR) is 126 cm³/mol. The number of amides is 1. The standard InChI is InChI=1S/C22H20N6O3S2/c1-15-5-2-3-8-19(15)28-21(16-9-11-24-12-10-16)26-27-22(28)32-14-20(29)25-17-6-4-7-18(13-17)33(23,30)31/h2-13H,14H2,1H3,(H,25,29)(H2,23,30,31). The van der Waals surface area contributed by atoms with Crippen LogP contribution in [0.25, 0.3) is 17.1 Å². The number of primary sulfonamides is 1. The summed E-state index contributed by atoms with van der Waals surface area (Å²) in [4.78, 5) is 16.5. The van der Waals surface area contributed by atoms with E-state index in [1.54, 1.807) is 18.5 Å². The van der Waals surface area contributed by atoms with E-state index in [-0.39, 0.29) is 16.6 Å². The molecular formula is C22H20N6O3S2. The highest BCUT2D eigenvalue weighted by molar-refractivity contribution is 7.99. The predicted octanol–water partition coefficient (Wildman–Crippen LogP) is 3.02. The summed E-state index contributed by atoms with van der Waals surface area (Å²) in [6.45, 7) is 1.99. The van der Waals surface area contributed by atoms with Crippen LogP contribution in [0, 0.1) is 6.92 Å². The molecule has 0 unspecified atom stereocenters. The SMILES string of the molecule is Cc1ccccc1-n1c(SCC(=O)Nc2cccc(S(N)(=O)=O)c2)nnc1-c1ccncc1. The highest BCUT2D eigenvalue weighted by Crippen LogP contribution is 2.29. The third kappa shape index (κ3) is 5.28. The van der Waals surface area contributed by atoms with E-state index >= 15 is 0 Å². The van der Waals surface area contributed by atoms with E-state index in [1.165, 1.54) is 30.0 Å². The Hall–Kier alpha value is -3.54. The van der Waals surface area contributed by atoms with Gasteiger partial charge in [0.1, 0.15) is 0 Å². The van der Waals surface area contributed by atoms with Crippen LogP contribution < -0.4 is 10.5 Å². The molecule has 11 heteroatoms. The number of nitrogens with one attached hydrogen (secondary N) is 1. The zero-order valence-electron chi connectivity index (χ0n) is 17.5. The number of pyridine rings is 1. The van der Waals surface area contributed by atoms with Gasteiger partial charge in [-0.1, -0.05) is 36.0 Å². The molecule has 0 bridgehead atoms. The Kier molecular flexibility index (Phi) is 6.54. The molecule has 4 aromatic rings. The van der Waals surface area contributed by atoms with Crippen molar-refractivity contribution in [2.24, 2.45) is 5.14 Å². The minimum absolute atomic E-state index is 0.0416. The van der Waals surface area contributed by atoms with E-state index in [0.717, 1.165) is 16.8 Å². The van der Waals surface area contributed by atoms with Crippen LogP contribution in [0.5, 0.6) is 0 Å². The first-order chi connectivity index (χ1) is 15.8. The molecular weight excluding hydrogens is 460 g/mol. The fourth-order valence-corrected chi connectivity index (χ4v) is 4.47. The molecule has 0 aliphatic carbocycles. The Labute approximate surface area is 195 Å². The van der Waals surface area contributed by atoms with E-state index in [2.05, 4.69) is 20.5 Å². The normalized spacial score (nSPS) is 11.3. The Morgan fingerprint density at radius 2 is 1.82 bits per heavy atom. The van der Waals surface area contributed by atoms with Gasteiger partial charge in [-0.2, -0.15) is 0 Å². The number of aryl methyl sites for hydroxylation is 1. The maximum absolute atomic E-state index is 12.6. The summed E-state index contributed by atoms with van der Waals surface area (Å²) in [5.74, 6) is 0.354. The van der Waals surface area contributed by atoms with E-state index in [4.69, 9.17) is 5.14 Å². The molecule has 3 N–H and O–H groups in total. The van der Waals surface area contributed by atoms with Crippen LogP contribution in [0.1, 0.15) is 5.56 Å². The molecule has 2 aromatic carbocycles. The summed E-state index contributed by atoms with van der Waals surface area (Å²) in [5, 5.41) is 17.1. The molecule has 0 saturated heterocycles. The Morgan fingerprint density at radius 3 is 2.55 bits per heavy atom. The number of carbonyl (C=O) groups excluding carboxylic acids is 1. The summed E-state index contributed by atoms with van der Waals surface area (Å²) in [6.07, 6.45) is 3.37. The van der Waals surface area contributed by atoms with E-state index in [0.29, 0.717) is 16.7 Å². The van der Waals surface area contributed by atoms with E-state index < -0.39 is 10.0 Å². The summed E-state index contributed by atoms with van der Waals surface area (Å²) in [6, 6.07) is 17.3. The Bertz CT molecular complexity index is 1400. The van der Waals surface area contributed by atoms with Crippen molar-refractivity contribution in [1.29, 1.82) is 0 Å². The average Bonchev–Trinajstić information content (AvgIpc) is 3.22. The number of aromatic nitrogens is 4. The number of nitrogens with zero attached hydrogens (tertiary/aromatic N) is 4. The van der Waals surface area contributed by atoms with Crippen molar-refractivity contribution in [3.05, 3.63) is 78.6 Å². The highest BCUT2D eigenvalue weighted by Gasteiger charge is 2.18. The molecule has 33 heavy (non-hydrogen) atoms. The van der Waals surface area contributed by atoms with Crippen LogP contribution >= 0.6 is 11.8 Å². The first-order valence-electron chi connectivity index (χ1n) is 9.80. The van der Waals surface area contributed by atoms with Crippen LogP contribution in [-0.2, 0) is 14.8 Å². The van der Waals surface area contributed by atoms with Crippen molar-refractivity contribution in [2.45, 2.75) is 17.0 Å². The molecule has 0 aliphatic rings. The minimum Gasteiger partial charge on any atom is -0.325 e. The third-order valence-electron chi connectivity index (χ3n) is 4.71. The lowest BCUT2D eigenvalue weighted by atomic mass is 10.2. The Balaban J connectivity index is 1.58. The van der Waals surface area contributed by atoms with E-state index in [1.807, 2.05) is 47.9 Å². The number of para-hydroxylation sites is 1. The third-order valence-corrected chi connectivity index (χ3v) is 6.55. The molecule has 0 aliphatic heterocycles. The fraction of sp³-hybridized carbons (Fsp3) is 0.0909. The summed E-state index contributed by atoms with van der Waals surface area (Å²) in [7, 11) is -3.86. The van der Waals surface area contributed by atoms with Gasteiger partial charge in [0.2, 0.25) is 15.9 Å². The van der Waals surface area contributed by atoms with E-state index in [9.17, 15) is 13.2 Å². The molecule has 4 rings (SSSR count). The van der Waals surface area contributed by atoms with Gasteiger partial charge in [-0.25, -0.2) is 13.6 Å². The molecule has 1 amide bonds. The largest absolute Gasteiger partial charge is 0.325 e. The number of rotatable bonds is 7. The number of hydrogen-bond acceptors (Lipinski definition) is 7. The van der Waals surface area contributed by atoms with Gasteiger partial charge in [-0.05, 0) is 48.9 Å². The summed E-state index contributed by atoms with van der Waals surface area (Å²) < 4.78 is 25.0. The fourth-order valence-electron chi connectivity index (χ4n) is 3.16. The quantitative estimate of drug-likeness (QED) is 0.389. The molecule has 0 saturated carbocycles. The lowest BCUT2D eigenvalue weighted by molar-refractivity contribution is -0.113. The lowest BCUT2D eigenvalue weighted by Gasteiger charge is -2.13. The van der Waals surface area contributed by atoms with Crippen molar-refractivity contribution < 1.29 is 13.2 Å². The van der Waals surface area contributed by atoms with Gasteiger partial charge in [0.15, 0.2) is 11.0 Å². The highest BCUT2D eigenvalue weighted by atomic mass is 32.2. The maximum atomic E-state index is 12.6. The molecule has 2 aromatic heterocycles. The maximum Gasteiger partial charge on any atom is 0.238 e. The monoisotopic (exact) mass is 480 g/mol. The van der Waals surface area contributed by atoms with Crippen molar-refractivity contribution >= 4 is 33.4 Å². The van der Waals surface area contributed by atoms with Crippen LogP contribution in [0.4, 0.5) is 5.69 Å². The Morgan fingerprint density at radius 1 is 1.06 bits per heavy atom. The molecule has 0 fully saturated rings. The number of thioether (sulfide) groups is 1. The number of nitrogens with two attached hydrogens (primary N) is 1. The second kappa shape index (κ2) is 9.53.